The maximum Gasteiger partial charge on any atom is 0.326 e. The maximum atomic E-state index is 12.1. The van der Waals surface area contributed by atoms with Crippen LogP contribution in [-0.4, -0.2) is 34.1 Å². The lowest BCUT2D eigenvalue weighted by atomic mass is 9.82. The highest BCUT2D eigenvalue weighted by molar-refractivity contribution is 5.89. The average molecular weight is 257 g/mol. The molecule has 6 nitrogen and oxygen atoms in total. The first-order valence-electron chi connectivity index (χ1n) is 6.17. The first kappa shape index (κ1) is 14.5. The van der Waals surface area contributed by atoms with Crippen LogP contribution in [0.4, 0.5) is 0 Å². The van der Waals surface area contributed by atoms with Gasteiger partial charge in [-0.05, 0) is 19.3 Å². The molecule has 0 aromatic carbocycles. The summed E-state index contributed by atoms with van der Waals surface area (Å²) in [4.78, 5) is 33.6. The van der Waals surface area contributed by atoms with Gasteiger partial charge < -0.3 is 15.5 Å². The Morgan fingerprint density at radius 3 is 2.17 bits per heavy atom. The third-order valence-electron chi connectivity index (χ3n) is 3.70. The summed E-state index contributed by atoms with van der Waals surface area (Å²) in [6.07, 6.45) is 3.46. The molecule has 1 atom stereocenters. The standard InChI is InChI=1S/C12H19NO5/c1-2-12(5-3-4-6-12)11(18)13-8(10(16)17)7-9(14)15/h8H,2-7H2,1H3,(H,13,18)(H,14,15)(H,16,17)/t8-/m0/s1. The number of hydrogen-bond acceptors (Lipinski definition) is 3. The molecule has 0 heterocycles. The molecule has 0 bridgehead atoms. The van der Waals surface area contributed by atoms with Gasteiger partial charge in [-0.1, -0.05) is 19.8 Å². The fraction of sp³-hybridized carbons (Fsp3) is 0.750. The van der Waals surface area contributed by atoms with E-state index >= 15 is 0 Å². The zero-order valence-electron chi connectivity index (χ0n) is 10.4. The predicted molar refractivity (Wildman–Crippen MR) is 63.0 cm³/mol. The van der Waals surface area contributed by atoms with Gasteiger partial charge in [-0.25, -0.2) is 4.79 Å². The highest BCUT2D eigenvalue weighted by Crippen LogP contribution is 2.41. The topological polar surface area (TPSA) is 104 Å². The van der Waals surface area contributed by atoms with Crippen molar-refractivity contribution in [3.63, 3.8) is 0 Å². The van der Waals surface area contributed by atoms with E-state index in [9.17, 15) is 14.4 Å². The van der Waals surface area contributed by atoms with Gasteiger partial charge in [0.05, 0.1) is 6.42 Å². The number of carboxylic acids is 2. The van der Waals surface area contributed by atoms with E-state index in [0.29, 0.717) is 6.42 Å². The van der Waals surface area contributed by atoms with Crippen molar-refractivity contribution in [2.75, 3.05) is 0 Å². The largest absolute Gasteiger partial charge is 0.481 e. The second-order valence-corrected chi connectivity index (χ2v) is 4.80. The first-order valence-corrected chi connectivity index (χ1v) is 6.17. The van der Waals surface area contributed by atoms with Crippen molar-refractivity contribution in [2.45, 2.75) is 51.5 Å². The van der Waals surface area contributed by atoms with Crippen LogP contribution in [0.5, 0.6) is 0 Å². The number of hydrogen-bond donors (Lipinski definition) is 3. The van der Waals surface area contributed by atoms with E-state index in [1.807, 2.05) is 6.92 Å². The molecule has 0 saturated heterocycles. The van der Waals surface area contributed by atoms with E-state index in [0.717, 1.165) is 25.7 Å². The summed E-state index contributed by atoms with van der Waals surface area (Å²) in [5, 5.41) is 19.9. The lowest BCUT2D eigenvalue weighted by Crippen LogP contribution is -2.48. The zero-order chi connectivity index (χ0) is 13.8. The molecule has 1 aliphatic rings. The Hall–Kier alpha value is -1.59. The monoisotopic (exact) mass is 257 g/mol. The molecule has 1 aliphatic carbocycles. The first-order chi connectivity index (χ1) is 8.41. The second-order valence-electron chi connectivity index (χ2n) is 4.80. The quantitative estimate of drug-likeness (QED) is 0.658. The van der Waals surface area contributed by atoms with Gasteiger partial charge in [0.1, 0.15) is 6.04 Å². The lowest BCUT2D eigenvalue weighted by Gasteiger charge is -2.27. The fourth-order valence-corrected chi connectivity index (χ4v) is 2.48. The van der Waals surface area contributed by atoms with Crippen molar-refractivity contribution in [1.29, 1.82) is 0 Å². The molecular formula is C12H19NO5. The van der Waals surface area contributed by atoms with Gasteiger partial charge in [0.2, 0.25) is 5.91 Å². The van der Waals surface area contributed by atoms with Gasteiger partial charge >= 0.3 is 11.9 Å². The van der Waals surface area contributed by atoms with Gasteiger partial charge in [0, 0.05) is 5.41 Å². The smallest absolute Gasteiger partial charge is 0.326 e. The Morgan fingerprint density at radius 2 is 1.78 bits per heavy atom. The summed E-state index contributed by atoms with van der Waals surface area (Å²) in [6, 6.07) is -1.35. The van der Waals surface area contributed by atoms with Gasteiger partial charge in [0.15, 0.2) is 0 Å². The van der Waals surface area contributed by atoms with Crippen molar-refractivity contribution < 1.29 is 24.6 Å². The van der Waals surface area contributed by atoms with E-state index < -0.39 is 29.8 Å². The molecule has 3 N–H and O–H groups in total. The van der Waals surface area contributed by atoms with Crippen molar-refractivity contribution in [1.82, 2.24) is 5.32 Å². The van der Waals surface area contributed by atoms with Crippen LogP contribution < -0.4 is 5.32 Å². The number of carbonyl (C=O) groups is 3. The third kappa shape index (κ3) is 3.21. The molecular weight excluding hydrogens is 238 g/mol. The number of amides is 1. The molecule has 6 heteroatoms. The van der Waals surface area contributed by atoms with Crippen molar-refractivity contribution in [3.05, 3.63) is 0 Å². The highest BCUT2D eigenvalue weighted by Gasteiger charge is 2.40. The average Bonchev–Trinajstić information content (AvgIpc) is 2.77. The molecule has 0 aromatic rings. The second kappa shape index (κ2) is 5.84. The number of nitrogens with one attached hydrogen (secondary N) is 1. The van der Waals surface area contributed by atoms with Crippen LogP contribution in [0, 0.1) is 5.41 Å². The predicted octanol–water partition coefficient (Wildman–Crippen LogP) is 1.00. The molecule has 0 radical (unpaired) electrons. The molecule has 1 fully saturated rings. The van der Waals surface area contributed by atoms with Crippen LogP contribution in [-0.2, 0) is 14.4 Å². The van der Waals surface area contributed by atoms with Gasteiger partial charge in [-0.3, -0.25) is 9.59 Å². The van der Waals surface area contributed by atoms with Gasteiger partial charge in [-0.2, -0.15) is 0 Å². The SMILES string of the molecule is CCC1(C(=O)N[C@@H](CC(=O)O)C(=O)O)CCCC1. The molecule has 0 aliphatic heterocycles. The summed E-state index contributed by atoms with van der Waals surface area (Å²) in [6.45, 7) is 1.90. The minimum Gasteiger partial charge on any atom is -0.481 e. The Kier molecular flexibility index (Phi) is 4.69. The van der Waals surface area contributed by atoms with E-state index in [-0.39, 0.29) is 5.91 Å². The van der Waals surface area contributed by atoms with Crippen molar-refractivity contribution >= 4 is 17.8 Å². The summed E-state index contributed by atoms with van der Waals surface area (Å²) in [5.41, 5.74) is -0.508. The minimum atomic E-state index is -1.35. The Balaban J connectivity index is 2.71. The Labute approximate surface area is 105 Å². The summed E-state index contributed by atoms with van der Waals surface area (Å²) in [5.74, 6) is -2.87. The molecule has 18 heavy (non-hydrogen) atoms. The normalized spacial score (nSPS) is 19.2. The van der Waals surface area contributed by atoms with Crippen LogP contribution in [0.3, 0.4) is 0 Å². The summed E-state index contributed by atoms with van der Waals surface area (Å²) < 4.78 is 0. The molecule has 0 spiro atoms. The number of carbonyl (C=O) groups excluding carboxylic acids is 1. The summed E-state index contributed by atoms with van der Waals surface area (Å²) >= 11 is 0. The number of aliphatic carboxylic acids is 2. The van der Waals surface area contributed by atoms with Crippen LogP contribution >= 0.6 is 0 Å². The molecule has 1 rings (SSSR count). The molecule has 0 aromatic heterocycles. The van der Waals surface area contributed by atoms with E-state index in [1.165, 1.54) is 0 Å². The number of carboxylic acid groups (broad SMARTS) is 2. The zero-order valence-corrected chi connectivity index (χ0v) is 10.4. The molecule has 102 valence electrons. The summed E-state index contributed by atoms with van der Waals surface area (Å²) in [7, 11) is 0. The van der Waals surface area contributed by atoms with Crippen molar-refractivity contribution in [2.24, 2.45) is 5.41 Å². The maximum absolute atomic E-state index is 12.1. The van der Waals surface area contributed by atoms with Crippen LogP contribution in [0.1, 0.15) is 45.4 Å². The van der Waals surface area contributed by atoms with E-state index in [2.05, 4.69) is 5.32 Å². The number of rotatable bonds is 6. The van der Waals surface area contributed by atoms with Crippen molar-refractivity contribution in [3.8, 4) is 0 Å². The van der Waals surface area contributed by atoms with E-state index in [4.69, 9.17) is 10.2 Å². The van der Waals surface area contributed by atoms with Crippen LogP contribution in [0.2, 0.25) is 0 Å². The highest BCUT2D eigenvalue weighted by atomic mass is 16.4. The van der Waals surface area contributed by atoms with Gasteiger partial charge in [0.25, 0.3) is 0 Å². The Bertz CT molecular complexity index is 346. The molecule has 1 saturated carbocycles. The van der Waals surface area contributed by atoms with Gasteiger partial charge in [-0.15, -0.1) is 0 Å². The third-order valence-corrected chi connectivity index (χ3v) is 3.70. The van der Waals surface area contributed by atoms with Crippen LogP contribution in [0.15, 0.2) is 0 Å². The Morgan fingerprint density at radius 1 is 1.22 bits per heavy atom. The molecule has 0 unspecified atom stereocenters. The fourth-order valence-electron chi connectivity index (χ4n) is 2.48. The minimum absolute atomic E-state index is 0.323. The lowest BCUT2D eigenvalue weighted by molar-refractivity contribution is -0.148. The van der Waals surface area contributed by atoms with E-state index in [1.54, 1.807) is 0 Å². The van der Waals surface area contributed by atoms with Crippen LogP contribution in [0.25, 0.3) is 0 Å². The molecule has 1 amide bonds.